The number of benzene rings is 1. The molecule has 2 atom stereocenters. The minimum absolute atomic E-state index is 0.0868. The molecule has 0 aromatic heterocycles. The Bertz CT molecular complexity index is 431. The largest absolute Gasteiger partial charge is 0.476 e. The Morgan fingerprint density at radius 1 is 1.24 bits per heavy atom. The molecule has 17 heavy (non-hydrogen) atoms. The highest BCUT2D eigenvalue weighted by atomic mass is 79.9. The molecule has 0 unspecified atom stereocenters. The molecule has 1 aliphatic heterocycles. The molecule has 1 heterocycles. The Balaban J connectivity index is 1.89. The van der Waals surface area contributed by atoms with Crippen LogP contribution in [0.4, 0.5) is 0 Å². The number of alkyl halides is 1. The average Bonchev–Trinajstić information content (AvgIpc) is 2.39. The highest BCUT2D eigenvalue weighted by molar-refractivity contribution is 9.10. The Morgan fingerprint density at radius 3 is 2.88 bits per heavy atom. The maximum Gasteiger partial charge on any atom is 0.216 e. The second-order valence-electron chi connectivity index (χ2n) is 4.89. The quantitative estimate of drug-likeness (QED) is 0.726. The topological polar surface area (TPSA) is 21.6 Å². The molecule has 1 aromatic carbocycles. The molecule has 1 aromatic rings. The lowest BCUT2D eigenvalue weighted by Crippen LogP contribution is -2.46. The van der Waals surface area contributed by atoms with Gasteiger partial charge in [-0.3, -0.25) is 0 Å². The SMILES string of the molecule is Br[C@]12CCCC[C@H]1N=C(c1ccccc1)OC2. The second-order valence-corrected chi connectivity index (χ2v) is 6.46. The van der Waals surface area contributed by atoms with Crippen molar-refractivity contribution in [3.05, 3.63) is 35.9 Å². The summed E-state index contributed by atoms with van der Waals surface area (Å²) in [6, 6.07) is 10.6. The van der Waals surface area contributed by atoms with Crippen LogP contribution in [0.25, 0.3) is 0 Å². The van der Waals surface area contributed by atoms with E-state index in [4.69, 9.17) is 9.73 Å². The lowest BCUT2D eigenvalue weighted by Gasteiger charge is -2.40. The van der Waals surface area contributed by atoms with Crippen molar-refractivity contribution in [2.75, 3.05) is 6.61 Å². The first-order chi connectivity index (χ1) is 8.28. The molecule has 0 N–H and O–H groups in total. The predicted molar refractivity (Wildman–Crippen MR) is 72.8 cm³/mol. The summed E-state index contributed by atoms with van der Waals surface area (Å²) < 4.78 is 5.93. The van der Waals surface area contributed by atoms with Crippen LogP contribution in [0.3, 0.4) is 0 Å². The summed E-state index contributed by atoms with van der Waals surface area (Å²) in [5.41, 5.74) is 1.09. The van der Waals surface area contributed by atoms with Crippen LogP contribution in [0.1, 0.15) is 31.2 Å². The number of hydrogen-bond donors (Lipinski definition) is 0. The van der Waals surface area contributed by atoms with Crippen LogP contribution in [-0.4, -0.2) is 22.9 Å². The van der Waals surface area contributed by atoms with Gasteiger partial charge < -0.3 is 4.74 Å². The van der Waals surface area contributed by atoms with Crippen molar-refractivity contribution in [2.45, 2.75) is 36.0 Å². The highest BCUT2D eigenvalue weighted by Gasteiger charge is 2.42. The fraction of sp³-hybridized carbons (Fsp3) is 0.500. The number of halogens is 1. The molecule has 0 spiro atoms. The third kappa shape index (κ3) is 2.13. The Labute approximate surface area is 110 Å². The summed E-state index contributed by atoms with van der Waals surface area (Å²) in [6.45, 7) is 0.741. The summed E-state index contributed by atoms with van der Waals surface area (Å²) in [7, 11) is 0. The third-order valence-electron chi connectivity index (χ3n) is 3.66. The molecule has 2 nitrogen and oxygen atoms in total. The first kappa shape index (κ1) is 11.3. The molecule has 1 fully saturated rings. The summed E-state index contributed by atoms with van der Waals surface area (Å²) in [6.07, 6.45) is 4.90. The van der Waals surface area contributed by atoms with Crippen molar-refractivity contribution in [1.82, 2.24) is 0 Å². The molecule has 0 saturated heterocycles. The van der Waals surface area contributed by atoms with Gasteiger partial charge in [0.2, 0.25) is 5.90 Å². The molecule has 3 rings (SSSR count). The van der Waals surface area contributed by atoms with Crippen molar-refractivity contribution < 1.29 is 4.74 Å². The molecular formula is C14H16BrNO. The second kappa shape index (κ2) is 4.45. The van der Waals surface area contributed by atoms with E-state index >= 15 is 0 Å². The maximum absolute atomic E-state index is 5.84. The van der Waals surface area contributed by atoms with Gasteiger partial charge in [-0.15, -0.1) is 0 Å². The molecule has 1 saturated carbocycles. The van der Waals surface area contributed by atoms with E-state index in [0.29, 0.717) is 6.04 Å². The van der Waals surface area contributed by atoms with Crippen molar-refractivity contribution in [3.8, 4) is 0 Å². The summed E-state index contributed by atoms with van der Waals surface area (Å²) in [4.78, 5) is 4.79. The van der Waals surface area contributed by atoms with E-state index in [0.717, 1.165) is 18.1 Å². The molecule has 0 amide bonds. The Kier molecular flexibility index (Phi) is 2.95. The van der Waals surface area contributed by atoms with Crippen LogP contribution >= 0.6 is 15.9 Å². The van der Waals surface area contributed by atoms with Gasteiger partial charge in [-0.25, -0.2) is 4.99 Å². The van der Waals surface area contributed by atoms with Crippen molar-refractivity contribution in [3.63, 3.8) is 0 Å². The summed E-state index contributed by atoms with van der Waals surface area (Å²) >= 11 is 3.84. The van der Waals surface area contributed by atoms with Gasteiger partial charge in [0, 0.05) is 5.56 Å². The number of rotatable bonds is 1. The van der Waals surface area contributed by atoms with Gasteiger partial charge in [-0.1, -0.05) is 47.0 Å². The zero-order chi connectivity index (χ0) is 11.7. The number of hydrogen-bond acceptors (Lipinski definition) is 2. The predicted octanol–water partition coefficient (Wildman–Crippen LogP) is 3.54. The Morgan fingerprint density at radius 2 is 2.06 bits per heavy atom. The molecule has 2 aliphatic rings. The van der Waals surface area contributed by atoms with Gasteiger partial charge in [-0.2, -0.15) is 0 Å². The fourth-order valence-electron chi connectivity index (χ4n) is 2.64. The zero-order valence-corrected chi connectivity index (χ0v) is 11.3. The number of aliphatic imine (C=N–C) groups is 1. The summed E-state index contributed by atoms with van der Waals surface area (Å²) in [5.74, 6) is 0.813. The fourth-order valence-corrected chi connectivity index (χ4v) is 3.36. The van der Waals surface area contributed by atoms with Crippen LogP contribution in [0, 0.1) is 0 Å². The number of ether oxygens (including phenoxy) is 1. The first-order valence-electron chi connectivity index (χ1n) is 6.23. The van der Waals surface area contributed by atoms with Gasteiger partial charge in [0.05, 0.1) is 10.4 Å². The van der Waals surface area contributed by atoms with Gasteiger partial charge in [0.15, 0.2) is 0 Å². The van der Waals surface area contributed by atoms with Crippen LogP contribution < -0.4 is 0 Å². The van der Waals surface area contributed by atoms with Crippen molar-refractivity contribution in [1.29, 1.82) is 0 Å². The van der Waals surface area contributed by atoms with E-state index in [-0.39, 0.29) is 4.32 Å². The van der Waals surface area contributed by atoms with Gasteiger partial charge in [0.1, 0.15) is 6.61 Å². The van der Waals surface area contributed by atoms with Gasteiger partial charge in [0.25, 0.3) is 0 Å². The molecular weight excluding hydrogens is 278 g/mol. The highest BCUT2D eigenvalue weighted by Crippen LogP contribution is 2.40. The molecule has 1 aliphatic carbocycles. The normalized spacial score (nSPS) is 32.3. The van der Waals surface area contributed by atoms with E-state index in [1.807, 2.05) is 18.2 Å². The standard InChI is InChI=1S/C14H16BrNO/c15-14-9-5-4-8-12(14)16-13(17-10-14)11-6-2-1-3-7-11/h1-3,6-7,12H,4-5,8-10H2/t12-,14+/m1/s1. The smallest absolute Gasteiger partial charge is 0.216 e. The van der Waals surface area contributed by atoms with Crippen molar-refractivity contribution >= 4 is 21.8 Å². The monoisotopic (exact) mass is 293 g/mol. The molecule has 0 bridgehead atoms. The molecule has 3 heteroatoms. The minimum atomic E-state index is 0.0868. The van der Waals surface area contributed by atoms with Crippen LogP contribution in [0.15, 0.2) is 35.3 Å². The lowest BCUT2D eigenvalue weighted by atomic mass is 9.84. The molecule has 90 valence electrons. The van der Waals surface area contributed by atoms with Crippen LogP contribution in [0.2, 0.25) is 0 Å². The number of fused-ring (bicyclic) bond motifs is 1. The van der Waals surface area contributed by atoms with E-state index in [9.17, 15) is 0 Å². The van der Waals surface area contributed by atoms with E-state index in [1.165, 1.54) is 25.7 Å². The van der Waals surface area contributed by atoms with Crippen molar-refractivity contribution in [2.24, 2.45) is 4.99 Å². The molecule has 0 radical (unpaired) electrons. The van der Waals surface area contributed by atoms with Crippen LogP contribution in [0.5, 0.6) is 0 Å². The van der Waals surface area contributed by atoms with Crippen LogP contribution in [-0.2, 0) is 4.74 Å². The van der Waals surface area contributed by atoms with E-state index < -0.39 is 0 Å². The zero-order valence-electron chi connectivity index (χ0n) is 9.73. The maximum atomic E-state index is 5.84. The number of nitrogens with zero attached hydrogens (tertiary/aromatic N) is 1. The first-order valence-corrected chi connectivity index (χ1v) is 7.02. The van der Waals surface area contributed by atoms with Gasteiger partial charge >= 0.3 is 0 Å². The van der Waals surface area contributed by atoms with E-state index in [1.54, 1.807) is 0 Å². The third-order valence-corrected chi connectivity index (χ3v) is 4.81. The van der Waals surface area contributed by atoms with E-state index in [2.05, 4.69) is 28.1 Å². The Hall–Kier alpha value is -0.830. The minimum Gasteiger partial charge on any atom is -0.476 e. The van der Waals surface area contributed by atoms with Gasteiger partial charge in [-0.05, 0) is 25.0 Å². The summed E-state index contributed by atoms with van der Waals surface area (Å²) in [5, 5.41) is 0. The lowest BCUT2D eigenvalue weighted by molar-refractivity contribution is 0.185. The average molecular weight is 294 g/mol.